The summed E-state index contributed by atoms with van der Waals surface area (Å²) < 4.78 is 0. The average Bonchev–Trinajstić information content (AvgIpc) is 2.49. The Morgan fingerprint density at radius 1 is 1.15 bits per heavy atom. The van der Waals surface area contributed by atoms with Gasteiger partial charge in [-0.3, -0.25) is 4.98 Å². The van der Waals surface area contributed by atoms with Crippen LogP contribution in [0.25, 0.3) is 10.9 Å². The van der Waals surface area contributed by atoms with Crippen LogP contribution in [0.1, 0.15) is 11.3 Å². The molecule has 0 spiro atoms. The molecular weight excluding hydrogens is 248 g/mol. The number of nitriles is 1. The van der Waals surface area contributed by atoms with E-state index in [1.807, 2.05) is 43.3 Å². The predicted molar refractivity (Wildman–Crippen MR) is 78.7 cm³/mol. The molecule has 0 unspecified atom stereocenters. The van der Waals surface area contributed by atoms with E-state index in [1.54, 1.807) is 12.3 Å². The van der Waals surface area contributed by atoms with E-state index in [1.165, 1.54) is 0 Å². The number of aryl methyl sites for hydroxylation is 1. The maximum atomic E-state index is 9.24. The standard InChI is InChI=1S/C16H12N4/c1-11-6-7-13(10-18-11)19-16-8-12(9-17)14-4-2-3-5-15(14)20-16/h2-8,10H,1H3,(H,19,20). The Balaban J connectivity index is 2.04. The molecule has 3 rings (SSSR count). The largest absolute Gasteiger partial charge is 0.339 e. The van der Waals surface area contributed by atoms with Crippen molar-refractivity contribution in [2.24, 2.45) is 0 Å². The molecule has 4 heteroatoms. The van der Waals surface area contributed by atoms with Gasteiger partial charge in [0.25, 0.3) is 0 Å². The molecule has 4 nitrogen and oxygen atoms in total. The van der Waals surface area contributed by atoms with Crippen LogP contribution in [0, 0.1) is 18.3 Å². The quantitative estimate of drug-likeness (QED) is 0.765. The fourth-order valence-electron chi connectivity index (χ4n) is 2.02. The number of aromatic nitrogens is 2. The van der Waals surface area contributed by atoms with Crippen molar-refractivity contribution in [1.82, 2.24) is 9.97 Å². The Kier molecular flexibility index (Phi) is 3.02. The van der Waals surface area contributed by atoms with E-state index in [0.29, 0.717) is 11.4 Å². The van der Waals surface area contributed by atoms with E-state index in [-0.39, 0.29) is 0 Å². The van der Waals surface area contributed by atoms with Gasteiger partial charge in [0, 0.05) is 11.1 Å². The van der Waals surface area contributed by atoms with Gasteiger partial charge in [0.05, 0.1) is 29.0 Å². The van der Waals surface area contributed by atoms with Crippen LogP contribution < -0.4 is 5.32 Å². The van der Waals surface area contributed by atoms with E-state index >= 15 is 0 Å². The number of anilines is 2. The molecule has 0 saturated heterocycles. The summed E-state index contributed by atoms with van der Waals surface area (Å²) in [7, 11) is 0. The molecular formula is C16H12N4. The first-order valence-electron chi connectivity index (χ1n) is 6.26. The summed E-state index contributed by atoms with van der Waals surface area (Å²) in [6, 6.07) is 15.4. The van der Waals surface area contributed by atoms with E-state index in [4.69, 9.17) is 0 Å². The third-order valence-electron chi connectivity index (χ3n) is 3.02. The van der Waals surface area contributed by atoms with Gasteiger partial charge < -0.3 is 5.32 Å². The average molecular weight is 260 g/mol. The summed E-state index contributed by atoms with van der Waals surface area (Å²) in [6.07, 6.45) is 1.75. The second kappa shape index (κ2) is 4.98. The van der Waals surface area contributed by atoms with Gasteiger partial charge in [-0.2, -0.15) is 5.26 Å². The molecule has 0 amide bonds. The van der Waals surface area contributed by atoms with Crippen LogP contribution in [0.15, 0.2) is 48.7 Å². The Bertz CT molecular complexity index is 801. The third kappa shape index (κ3) is 2.29. The van der Waals surface area contributed by atoms with Gasteiger partial charge in [0.15, 0.2) is 0 Å². The molecule has 96 valence electrons. The first-order valence-corrected chi connectivity index (χ1v) is 6.26. The molecule has 0 radical (unpaired) electrons. The number of benzene rings is 1. The van der Waals surface area contributed by atoms with Crippen LogP contribution in [-0.2, 0) is 0 Å². The molecule has 0 bridgehead atoms. The van der Waals surface area contributed by atoms with E-state index in [9.17, 15) is 5.26 Å². The summed E-state index contributed by atoms with van der Waals surface area (Å²) in [6.45, 7) is 1.94. The Hall–Kier alpha value is -2.93. The zero-order valence-corrected chi connectivity index (χ0v) is 11.0. The van der Waals surface area contributed by atoms with Gasteiger partial charge in [0.2, 0.25) is 0 Å². The first-order chi connectivity index (χ1) is 9.76. The minimum atomic E-state index is 0.609. The Labute approximate surface area is 116 Å². The smallest absolute Gasteiger partial charge is 0.132 e. The zero-order chi connectivity index (χ0) is 13.9. The molecule has 0 aliphatic rings. The summed E-state index contributed by atoms with van der Waals surface area (Å²) in [4.78, 5) is 8.74. The van der Waals surface area contributed by atoms with Gasteiger partial charge in [-0.25, -0.2) is 4.98 Å². The van der Waals surface area contributed by atoms with E-state index < -0.39 is 0 Å². The molecule has 0 saturated carbocycles. The lowest BCUT2D eigenvalue weighted by Gasteiger charge is -2.08. The number of pyridine rings is 2. The molecule has 2 heterocycles. The van der Waals surface area contributed by atoms with E-state index in [0.717, 1.165) is 22.3 Å². The lowest BCUT2D eigenvalue weighted by atomic mass is 10.1. The highest BCUT2D eigenvalue weighted by atomic mass is 15.0. The molecule has 2 aromatic heterocycles. The van der Waals surface area contributed by atoms with Gasteiger partial charge in [-0.15, -0.1) is 0 Å². The maximum absolute atomic E-state index is 9.24. The lowest BCUT2D eigenvalue weighted by molar-refractivity contribution is 1.20. The summed E-state index contributed by atoms with van der Waals surface area (Å²) in [5.74, 6) is 0.644. The molecule has 0 fully saturated rings. The number of hydrogen-bond acceptors (Lipinski definition) is 4. The van der Waals surface area contributed by atoms with Crippen LogP contribution in [0.2, 0.25) is 0 Å². The number of nitrogens with zero attached hydrogens (tertiary/aromatic N) is 3. The van der Waals surface area contributed by atoms with Gasteiger partial charge in [-0.1, -0.05) is 18.2 Å². The van der Waals surface area contributed by atoms with E-state index in [2.05, 4.69) is 21.4 Å². The number of fused-ring (bicyclic) bond motifs is 1. The monoisotopic (exact) mass is 260 g/mol. The van der Waals surface area contributed by atoms with Crippen LogP contribution in [0.4, 0.5) is 11.5 Å². The van der Waals surface area contributed by atoms with Crippen molar-refractivity contribution in [3.05, 3.63) is 59.9 Å². The molecule has 0 aliphatic carbocycles. The second-order valence-electron chi connectivity index (χ2n) is 4.50. The van der Waals surface area contributed by atoms with Crippen molar-refractivity contribution in [1.29, 1.82) is 5.26 Å². The van der Waals surface area contributed by atoms with Crippen molar-refractivity contribution >= 4 is 22.4 Å². The maximum Gasteiger partial charge on any atom is 0.132 e. The number of rotatable bonds is 2. The fraction of sp³-hybridized carbons (Fsp3) is 0.0625. The molecule has 0 atom stereocenters. The van der Waals surface area contributed by atoms with Gasteiger partial charge in [0.1, 0.15) is 5.82 Å². The van der Waals surface area contributed by atoms with Crippen molar-refractivity contribution in [2.75, 3.05) is 5.32 Å². The van der Waals surface area contributed by atoms with Crippen LogP contribution >= 0.6 is 0 Å². The zero-order valence-electron chi connectivity index (χ0n) is 11.0. The minimum absolute atomic E-state index is 0.609. The summed E-state index contributed by atoms with van der Waals surface area (Å²) >= 11 is 0. The molecule has 0 aliphatic heterocycles. The Morgan fingerprint density at radius 3 is 2.75 bits per heavy atom. The van der Waals surface area contributed by atoms with Gasteiger partial charge in [-0.05, 0) is 31.2 Å². The normalized spacial score (nSPS) is 10.2. The summed E-state index contributed by atoms with van der Waals surface area (Å²) in [5.41, 5.74) is 3.22. The van der Waals surface area contributed by atoms with Crippen molar-refractivity contribution in [3.63, 3.8) is 0 Å². The number of para-hydroxylation sites is 1. The Morgan fingerprint density at radius 2 is 2.00 bits per heavy atom. The third-order valence-corrected chi connectivity index (χ3v) is 3.02. The lowest BCUT2D eigenvalue weighted by Crippen LogP contribution is -1.96. The molecule has 1 N–H and O–H groups in total. The highest BCUT2D eigenvalue weighted by Gasteiger charge is 2.05. The van der Waals surface area contributed by atoms with Gasteiger partial charge >= 0.3 is 0 Å². The number of hydrogen-bond donors (Lipinski definition) is 1. The van der Waals surface area contributed by atoms with Crippen LogP contribution in [0.3, 0.4) is 0 Å². The highest BCUT2D eigenvalue weighted by Crippen LogP contribution is 2.22. The number of nitrogens with one attached hydrogen (secondary N) is 1. The molecule has 3 aromatic rings. The minimum Gasteiger partial charge on any atom is -0.339 e. The molecule has 1 aromatic carbocycles. The predicted octanol–water partition coefficient (Wildman–Crippen LogP) is 3.55. The SMILES string of the molecule is Cc1ccc(Nc2cc(C#N)c3ccccc3n2)cn1. The summed E-state index contributed by atoms with van der Waals surface area (Å²) in [5, 5.41) is 13.3. The topological polar surface area (TPSA) is 61.6 Å². The second-order valence-corrected chi connectivity index (χ2v) is 4.50. The van der Waals surface area contributed by atoms with Crippen LogP contribution in [0.5, 0.6) is 0 Å². The molecule has 20 heavy (non-hydrogen) atoms. The first kappa shape index (κ1) is 12.1. The van der Waals surface area contributed by atoms with Crippen molar-refractivity contribution in [2.45, 2.75) is 6.92 Å². The van der Waals surface area contributed by atoms with Crippen molar-refractivity contribution < 1.29 is 0 Å². The fourth-order valence-corrected chi connectivity index (χ4v) is 2.02. The van der Waals surface area contributed by atoms with Crippen LogP contribution in [-0.4, -0.2) is 9.97 Å². The van der Waals surface area contributed by atoms with Crippen molar-refractivity contribution in [3.8, 4) is 6.07 Å². The highest BCUT2D eigenvalue weighted by molar-refractivity contribution is 5.86.